The molecule has 0 radical (unpaired) electrons. The summed E-state index contributed by atoms with van der Waals surface area (Å²) < 4.78 is 24.9. The van der Waals surface area contributed by atoms with Crippen LogP contribution in [-0.4, -0.2) is 48.4 Å². The molecule has 1 aromatic carbocycles. The first-order chi connectivity index (χ1) is 13.0. The Labute approximate surface area is 163 Å². The summed E-state index contributed by atoms with van der Waals surface area (Å²) in [5.74, 6) is 0.0533. The highest BCUT2D eigenvalue weighted by atomic mass is 32.2. The van der Waals surface area contributed by atoms with Gasteiger partial charge >= 0.3 is 0 Å². The highest BCUT2D eigenvalue weighted by Crippen LogP contribution is 2.27. The van der Waals surface area contributed by atoms with Crippen LogP contribution in [0.2, 0.25) is 0 Å². The standard InChI is InChI=1S/C22H32N2O2S/c1-4-12-27(25,26)20(5-2)13-17-9-10-22-21(14-17)18(16-23-22)15-19-8-7-11-24(19)6-3/h4,9-10,14,16,19-20,23H,1,5-8,11-13,15H2,2-3H3. The highest BCUT2D eigenvalue weighted by Gasteiger charge is 2.25. The van der Waals surface area contributed by atoms with Gasteiger partial charge in [0.15, 0.2) is 9.84 Å². The van der Waals surface area contributed by atoms with Crippen LogP contribution in [0, 0.1) is 0 Å². The van der Waals surface area contributed by atoms with E-state index in [9.17, 15) is 8.42 Å². The normalized spacial score (nSPS) is 19.6. The van der Waals surface area contributed by atoms with E-state index in [1.807, 2.05) is 6.92 Å². The van der Waals surface area contributed by atoms with E-state index < -0.39 is 9.84 Å². The summed E-state index contributed by atoms with van der Waals surface area (Å²) in [7, 11) is -3.13. The SMILES string of the molecule is C=CCS(=O)(=O)C(CC)Cc1ccc2[nH]cc(CC3CCCN3CC)c2c1. The molecule has 148 valence electrons. The second-order valence-electron chi connectivity index (χ2n) is 7.68. The summed E-state index contributed by atoms with van der Waals surface area (Å²) in [5.41, 5.74) is 3.58. The third-order valence-corrected chi connectivity index (χ3v) is 8.19. The number of nitrogens with zero attached hydrogens (tertiary/aromatic N) is 1. The van der Waals surface area contributed by atoms with Crippen molar-refractivity contribution in [3.63, 3.8) is 0 Å². The van der Waals surface area contributed by atoms with Crippen molar-refractivity contribution in [2.75, 3.05) is 18.8 Å². The number of hydrogen-bond acceptors (Lipinski definition) is 3. The van der Waals surface area contributed by atoms with Gasteiger partial charge in [0.05, 0.1) is 11.0 Å². The Morgan fingerprint density at radius 2 is 2.19 bits per heavy atom. The molecule has 0 aliphatic carbocycles. The smallest absolute Gasteiger partial charge is 0.157 e. The summed E-state index contributed by atoms with van der Waals surface area (Å²) in [6, 6.07) is 6.96. The lowest BCUT2D eigenvalue weighted by molar-refractivity contribution is 0.266. The number of rotatable bonds is 9. The third-order valence-electron chi connectivity index (χ3n) is 5.97. The lowest BCUT2D eigenvalue weighted by atomic mass is 10.00. The van der Waals surface area contributed by atoms with E-state index in [-0.39, 0.29) is 11.0 Å². The molecule has 2 unspecified atom stereocenters. The molecule has 4 nitrogen and oxygen atoms in total. The first-order valence-corrected chi connectivity index (χ1v) is 11.8. The van der Waals surface area contributed by atoms with Crippen LogP contribution in [0.25, 0.3) is 10.9 Å². The van der Waals surface area contributed by atoms with Crippen molar-refractivity contribution < 1.29 is 8.42 Å². The van der Waals surface area contributed by atoms with E-state index in [0.29, 0.717) is 18.9 Å². The van der Waals surface area contributed by atoms with Gasteiger partial charge in [0, 0.05) is 23.1 Å². The summed E-state index contributed by atoms with van der Waals surface area (Å²) in [6.45, 7) is 10.1. The molecule has 1 fully saturated rings. The van der Waals surface area contributed by atoms with Gasteiger partial charge in [-0.25, -0.2) is 8.42 Å². The molecule has 0 bridgehead atoms. The Bertz CT molecular complexity index is 885. The van der Waals surface area contributed by atoms with Gasteiger partial charge in [-0.1, -0.05) is 26.0 Å². The molecular weight excluding hydrogens is 356 g/mol. The molecule has 2 atom stereocenters. The van der Waals surface area contributed by atoms with Crippen molar-refractivity contribution >= 4 is 20.7 Å². The van der Waals surface area contributed by atoms with Gasteiger partial charge in [0.2, 0.25) is 0 Å². The minimum Gasteiger partial charge on any atom is -0.361 e. The maximum atomic E-state index is 12.5. The number of sulfone groups is 1. The fourth-order valence-corrected chi connectivity index (χ4v) is 5.96. The molecule has 0 saturated carbocycles. The van der Waals surface area contributed by atoms with Crippen molar-refractivity contribution in [3.8, 4) is 0 Å². The zero-order valence-electron chi connectivity index (χ0n) is 16.6. The molecule has 0 amide bonds. The number of hydrogen-bond donors (Lipinski definition) is 1. The maximum absolute atomic E-state index is 12.5. The Kier molecular flexibility index (Phi) is 6.43. The molecular formula is C22H32N2O2S. The van der Waals surface area contributed by atoms with E-state index >= 15 is 0 Å². The maximum Gasteiger partial charge on any atom is 0.157 e. The molecule has 2 aromatic rings. The fraction of sp³-hybridized carbons (Fsp3) is 0.545. The molecule has 1 aliphatic heterocycles. The van der Waals surface area contributed by atoms with E-state index in [2.05, 4.69) is 47.8 Å². The summed E-state index contributed by atoms with van der Waals surface area (Å²) >= 11 is 0. The molecule has 0 spiro atoms. The quantitative estimate of drug-likeness (QED) is 0.658. The number of aromatic nitrogens is 1. The van der Waals surface area contributed by atoms with E-state index in [1.54, 1.807) is 0 Å². The van der Waals surface area contributed by atoms with Gasteiger partial charge in [-0.3, -0.25) is 0 Å². The van der Waals surface area contributed by atoms with Crippen LogP contribution in [0.15, 0.2) is 37.1 Å². The predicted molar refractivity (Wildman–Crippen MR) is 114 cm³/mol. The number of likely N-dealkylation sites (tertiary alicyclic amines) is 1. The first kappa shape index (κ1) is 20.2. The lowest BCUT2D eigenvalue weighted by Gasteiger charge is -2.22. The van der Waals surface area contributed by atoms with Gasteiger partial charge in [0.25, 0.3) is 0 Å². The second kappa shape index (κ2) is 8.61. The number of likely N-dealkylation sites (N-methyl/N-ethyl adjacent to an activating group) is 1. The largest absolute Gasteiger partial charge is 0.361 e. The Balaban J connectivity index is 1.83. The molecule has 1 aromatic heterocycles. The topological polar surface area (TPSA) is 53.2 Å². The number of H-pyrrole nitrogens is 1. The van der Waals surface area contributed by atoms with Gasteiger partial charge < -0.3 is 9.88 Å². The van der Waals surface area contributed by atoms with Crippen LogP contribution in [0.4, 0.5) is 0 Å². The number of benzene rings is 1. The monoisotopic (exact) mass is 388 g/mol. The van der Waals surface area contributed by atoms with E-state index in [4.69, 9.17) is 0 Å². The van der Waals surface area contributed by atoms with Crippen molar-refractivity contribution in [2.24, 2.45) is 0 Å². The van der Waals surface area contributed by atoms with Crippen molar-refractivity contribution in [3.05, 3.63) is 48.2 Å². The molecule has 5 heteroatoms. The zero-order chi connectivity index (χ0) is 19.4. The zero-order valence-corrected chi connectivity index (χ0v) is 17.4. The third kappa shape index (κ3) is 4.46. The molecule has 1 saturated heterocycles. The molecule has 2 heterocycles. The van der Waals surface area contributed by atoms with Gasteiger partial charge in [-0.2, -0.15) is 0 Å². The van der Waals surface area contributed by atoms with E-state index in [1.165, 1.54) is 36.4 Å². The van der Waals surface area contributed by atoms with Crippen LogP contribution < -0.4 is 0 Å². The van der Waals surface area contributed by atoms with Gasteiger partial charge in [-0.05, 0) is 68.5 Å². The van der Waals surface area contributed by atoms with Crippen LogP contribution in [0.5, 0.6) is 0 Å². The fourth-order valence-electron chi connectivity index (χ4n) is 4.41. The number of aromatic amines is 1. The van der Waals surface area contributed by atoms with E-state index in [0.717, 1.165) is 24.0 Å². The lowest BCUT2D eigenvalue weighted by Crippen LogP contribution is -2.30. The Morgan fingerprint density at radius 3 is 2.89 bits per heavy atom. The Hall–Kier alpha value is -1.59. The molecule has 1 aliphatic rings. The summed E-state index contributed by atoms with van der Waals surface area (Å²) in [5, 5.41) is 0.896. The summed E-state index contributed by atoms with van der Waals surface area (Å²) in [6.07, 6.45) is 8.42. The van der Waals surface area contributed by atoms with Crippen LogP contribution in [0.1, 0.15) is 44.2 Å². The number of fused-ring (bicyclic) bond motifs is 1. The van der Waals surface area contributed by atoms with Crippen molar-refractivity contribution in [2.45, 2.75) is 57.2 Å². The predicted octanol–water partition coefficient (Wildman–Crippen LogP) is 4.12. The first-order valence-electron chi connectivity index (χ1n) is 10.1. The molecule has 3 rings (SSSR count). The van der Waals surface area contributed by atoms with Crippen molar-refractivity contribution in [1.82, 2.24) is 9.88 Å². The van der Waals surface area contributed by atoms with Gasteiger partial charge in [0.1, 0.15) is 0 Å². The average molecular weight is 389 g/mol. The van der Waals surface area contributed by atoms with Gasteiger partial charge in [-0.15, -0.1) is 6.58 Å². The van der Waals surface area contributed by atoms with Crippen LogP contribution in [0.3, 0.4) is 0 Å². The minimum absolute atomic E-state index is 0.0533. The highest BCUT2D eigenvalue weighted by molar-refractivity contribution is 7.92. The number of nitrogens with one attached hydrogen (secondary N) is 1. The average Bonchev–Trinajstić information content (AvgIpc) is 3.26. The van der Waals surface area contributed by atoms with Crippen molar-refractivity contribution in [1.29, 1.82) is 0 Å². The minimum atomic E-state index is -3.13. The van der Waals surface area contributed by atoms with Crippen LogP contribution >= 0.6 is 0 Å². The Morgan fingerprint density at radius 1 is 1.37 bits per heavy atom. The van der Waals surface area contributed by atoms with Crippen LogP contribution in [-0.2, 0) is 22.7 Å². The molecule has 27 heavy (non-hydrogen) atoms. The summed E-state index contributed by atoms with van der Waals surface area (Å²) in [4.78, 5) is 5.96. The second-order valence-corrected chi connectivity index (χ2v) is 10.0. The molecule has 1 N–H and O–H groups in total.